The van der Waals surface area contributed by atoms with Crippen LogP contribution in [0.1, 0.15) is 46.5 Å². The molecule has 5 heteroatoms. The first-order valence-corrected chi connectivity index (χ1v) is 6.73. The predicted molar refractivity (Wildman–Crippen MR) is 69.3 cm³/mol. The average Bonchev–Trinajstić information content (AvgIpc) is 2.74. The second-order valence-corrected chi connectivity index (χ2v) is 5.42. The van der Waals surface area contributed by atoms with Crippen LogP contribution in [0.5, 0.6) is 0 Å². The summed E-state index contributed by atoms with van der Waals surface area (Å²) >= 11 is 0. The first-order chi connectivity index (χ1) is 8.43. The lowest BCUT2D eigenvalue weighted by Crippen LogP contribution is -2.47. The molecule has 2 amide bonds. The molecule has 0 aromatic rings. The fourth-order valence-corrected chi connectivity index (χ4v) is 2.47. The van der Waals surface area contributed by atoms with Crippen LogP contribution >= 0.6 is 0 Å². The number of carbonyl (C=O) groups excluding carboxylic acids is 1. The molecule has 3 atom stereocenters. The van der Waals surface area contributed by atoms with E-state index in [2.05, 4.69) is 24.5 Å². The van der Waals surface area contributed by atoms with Crippen LogP contribution in [-0.2, 0) is 4.79 Å². The Balaban J connectivity index is 2.35. The summed E-state index contributed by atoms with van der Waals surface area (Å²) in [5, 5.41) is 14.7. The molecule has 1 saturated carbocycles. The van der Waals surface area contributed by atoms with Crippen LogP contribution in [0.2, 0.25) is 0 Å². The molecule has 3 unspecified atom stereocenters. The Morgan fingerprint density at radius 1 is 1.33 bits per heavy atom. The number of urea groups is 1. The van der Waals surface area contributed by atoms with Crippen molar-refractivity contribution < 1.29 is 14.7 Å². The fraction of sp³-hybridized carbons (Fsp3) is 0.846. The highest BCUT2D eigenvalue weighted by Gasteiger charge is 2.30. The molecule has 0 aromatic carbocycles. The minimum atomic E-state index is -0.756. The summed E-state index contributed by atoms with van der Waals surface area (Å²) in [4.78, 5) is 22.6. The van der Waals surface area contributed by atoms with Gasteiger partial charge in [0.2, 0.25) is 0 Å². The van der Waals surface area contributed by atoms with Crippen molar-refractivity contribution in [2.45, 2.75) is 58.5 Å². The monoisotopic (exact) mass is 256 g/mol. The van der Waals surface area contributed by atoms with E-state index in [1.807, 2.05) is 6.92 Å². The number of hydrogen-bond donors (Lipinski definition) is 3. The van der Waals surface area contributed by atoms with Gasteiger partial charge in [-0.15, -0.1) is 0 Å². The van der Waals surface area contributed by atoms with Crippen LogP contribution in [0.3, 0.4) is 0 Å². The minimum Gasteiger partial charge on any atom is -0.481 e. The summed E-state index contributed by atoms with van der Waals surface area (Å²) in [6, 6.07) is -0.0102. The van der Waals surface area contributed by atoms with Gasteiger partial charge in [-0.2, -0.15) is 0 Å². The third kappa shape index (κ3) is 4.20. The fourth-order valence-electron chi connectivity index (χ4n) is 2.47. The third-order valence-corrected chi connectivity index (χ3v) is 3.68. The standard InChI is InChI=1S/C13H24N2O3/c1-4-11(8(2)3)15-13(18)14-10-6-5-9(7-10)12(16)17/h8-11H,4-7H2,1-3H3,(H,16,17)(H2,14,15,18). The van der Waals surface area contributed by atoms with Crippen molar-refractivity contribution in [3.05, 3.63) is 0 Å². The first kappa shape index (κ1) is 14.8. The van der Waals surface area contributed by atoms with Crippen molar-refractivity contribution in [2.24, 2.45) is 11.8 Å². The molecule has 0 aliphatic heterocycles. The van der Waals surface area contributed by atoms with Gasteiger partial charge in [-0.25, -0.2) is 4.79 Å². The van der Waals surface area contributed by atoms with Gasteiger partial charge in [-0.3, -0.25) is 4.79 Å². The maximum absolute atomic E-state index is 11.8. The zero-order valence-electron chi connectivity index (χ0n) is 11.4. The lowest BCUT2D eigenvalue weighted by molar-refractivity contribution is -0.141. The molecule has 0 saturated heterocycles. The van der Waals surface area contributed by atoms with E-state index >= 15 is 0 Å². The van der Waals surface area contributed by atoms with Crippen molar-refractivity contribution in [1.82, 2.24) is 10.6 Å². The molecule has 5 nitrogen and oxygen atoms in total. The Morgan fingerprint density at radius 3 is 2.44 bits per heavy atom. The number of hydrogen-bond acceptors (Lipinski definition) is 2. The number of nitrogens with one attached hydrogen (secondary N) is 2. The maximum atomic E-state index is 11.8. The van der Waals surface area contributed by atoms with Gasteiger partial charge < -0.3 is 15.7 Å². The van der Waals surface area contributed by atoms with E-state index in [9.17, 15) is 9.59 Å². The van der Waals surface area contributed by atoms with Crippen LogP contribution in [0, 0.1) is 11.8 Å². The molecular formula is C13H24N2O3. The van der Waals surface area contributed by atoms with Crippen LogP contribution in [-0.4, -0.2) is 29.2 Å². The van der Waals surface area contributed by atoms with E-state index in [1.54, 1.807) is 0 Å². The summed E-state index contributed by atoms with van der Waals surface area (Å²) in [6.45, 7) is 6.19. The topological polar surface area (TPSA) is 78.4 Å². The molecule has 18 heavy (non-hydrogen) atoms. The number of aliphatic carboxylic acids is 1. The molecule has 0 heterocycles. The van der Waals surface area contributed by atoms with Crippen LogP contribution in [0.4, 0.5) is 4.79 Å². The quantitative estimate of drug-likeness (QED) is 0.703. The van der Waals surface area contributed by atoms with E-state index < -0.39 is 5.97 Å². The Hall–Kier alpha value is -1.26. The molecule has 1 aliphatic carbocycles. The van der Waals surface area contributed by atoms with Crippen molar-refractivity contribution in [3.63, 3.8) is 0 Å². The van der Waals surface area contributed by atoms with Gasteiger partial charge >= 0.3 is 12.0 Å². The highest BCUT2D eigenvalue weighted by Crippen LogP contribution is 2.25. The van der Waals surface area contributed by atoms with Crippen LogP contribution in [0.25, 0.3) is 0 Å². The van der Waals surface area contributed by atoms with Crippen LogP contribution < -0.4 is 10.6 Å². The second-order valence-electron chi connectivity index (χ2n) is 5.42. The molecule has 1 fully saturated rings. The number of carboxylic acids is 1. The number of rotatable bonds is 5. The summed E-state index contributed by atoms with van der Waals surface area (Å²) < 4.78 is 0. The molecule has 1 rings (SSSR count). The summed E-state index contributed by atoms with van der Waals surface area (Å²) in [5.74, 6) is -0.660. The normalized spacial score (nSPS) is 24.9. The Morgan fingerprint density at radius 2 is 2.00 bits per heavy atom. The predicted octanol–water partition coefficient (Wildman–Crippen LogP) is 1.97. The molecule has 1 aliphatic rings. The highest BCUT2D eigenvalue weighted by atomic mass is 16.4. The molecule has 0 radical (unpaired) electrons. The third-order valence-electron chi connectivity index (χ3n) is 3.68. The van der Waals surface area contributed by atoms with Crippen molar-refractivity contribution >= 4 is 12.0 Å². The molecule has 0 bridgehead atoms. The van der Waals surface area contributed by atoms with Crippen molar-refractivity contribution in [1.29, 1.82) is 0 Å². The largest absolute Gasteiger partial charge is 0.481 e. The van der Waals surface area contributed by atoms with Gasteiger partial charge in [-0.05, 0) is 31.6 Å². The summed E-state index contributed by atoms with van der Waals surface area (Å²) in [6.07, 6.45) is 2.85. The number of carboxylic acid groups (broad SMARTS) is 1. The van der Waals surface area contributed by atoms with E-state index in [0.29, 0.717) is 18.8 Å². The van der Waals surface area contributed by atoms with E-state index in [4.69, 9.17) is 5.11 Å². The van der Waals surface area contributed by atoms with Gasteiger partial charge in [0.25, 0.3) is 0 Å². The number of carbonyl (C=O) groups is 2. The summed E-state index contributed by atoms with van der Waals surface area (Å²) in [5.41, 5.74) is 0. The molecule has 0 aromatic heterocycles. The van der Waals surface area contributed by atoms with Crippen molar-refractivity contribution in [3.8, 4) is 0 Å². The highest BCUT2D eigenvalue weighted by molar-refractivity contribution is 5.75. The lowest BCUT2D eigenvalue weighted by atomic mass is 10.0. The molecule has 3 N–H and O–H groups in total. The Kier molecular flexibility index (Phi) is 5.44. The zero-order valence-corrected chi connectivity index (χ0v) is 11.4. The van der Waals surface area contributed by atoms with E-state index in [1.165, 1.54) is 0 Å². The average molecular weight is 256 g/mol. The Bertz CT molecular complexity index is 305. The molecular weight excluding hydrogens is 232 g/mol. The Labute approximate surface area is 108 Å². The van der Waals surface area contributed by atoms with Gasteiger partial charge in [-0.1, -0.05) is 20.8 Å². The van der Waals surface area contributed by atoms with Gasteiger partial charge in [0.15, 0.2) is 0 Å². The minimum absolute atomic E-state index is 0.00392. The summed E-state index contributed by atoms with van der Waals surface area (Å²) in [7, 11) is 0. The SMILES string of the molecule is CCC(NC(=O)NC1CCC(C(=O)O)C1)C(C)C. The second kappa shape index (κ2) is 6.61. The van der Waals surface area contributed by atoms with Gasteiger partial charge in [0, 0.05) is 12.1 Å². The van der Waals surface area contributed by atoms with Crippen LogP contribution in [0.15, 0.2) is 0 Å². The maximum Gasteiger partial charge on any atom is 0.315 e. The van der Waals surface area contributed by atoms with Crippen molar-refractivity contribution in [2.75, 3.05) is 0 Å². The molecule has 0 spiro atoms. The number of amides is 2. The van der Waals surface area contributed by atoms with E-state index in [0.717, 1.165) is 12.8 Å². The van der Waals surface area contributed by atoms with Gasteiger partial charge in [0.05, 0.1) is 5.92 Å². The lowest BCUT2D eigenvalue weighted by Gasteiger charge is -2.22. The van der Waals surface area contributed by atoms with E-state index in [-0.39, 0.29) is 24.0 Å². The van der Waals surface area contributed by atoms with Gasteiger partial charge in [0.1, 0.15) is 0 Å². The first-order valence-electron chi connectivity index (χ1n) is 6.73. The molecule has 104 valence electrons. The smallest absolute Gasteiger partial charge is 0.315 e. The zero-order chi connectivity index (χ0) is 13.7.